The summed E-state index contributed by atoms with van der Waals surface area (Å²) in [6.07, 6.45) is 0.724. The molecule has 0 atom stereocenters. The van der Waals surface area contributed by atoms with Crippen LogP contribution in [0.15, 0.2) is 34.3 Å². The number of sulfonamides is 1. The number of carbonyl (C=O) groups excluding carboxylic acids is 1. The predicted molar refractivity (Wildman–Crippen MR) is 76.9 cm³/mol. The summed E-state index contributed by atoms with van der Waals surface area (Å²) >= 11 is 0. The highest BCUT2D eigenvalue weighted by Gasteiger charge is 2.12. The molecule has 8 heteroatoms. The van der Waals surface area contributed by atoms with Crippen LogP contribution in [0.25, 0.3) is 0 Å². The van der Waals surface area contributed by atoms with Crippen LogP contribution in [0.1, 0.15) is 25.8 Å². The Morgan fingerprint density at radius 3 is 2.40 bits per heavy atom. The second-order valence-corrected chi connectivity index (χ2v) is 5.86. The average molecular weight is 298 g/mol. The molecular formula is C12H18N4O3S. The number of hydrogen-bond acceptors (Lipinski definition) is 4. The third kappa shape index (κ3) is 4.63. The van der Waals surface area contributed by atoms with E-state index in [1.807, 2.05) is 6.92 Å². The minimum absolute atomic E-state index is 0.186. The Morgan fingerprint density at radius 1 is 1.30 bits per heavy atom. The first kappa shape index (κ1) is 16.1. The van der Waals surface area contributed by atoms with Crippen molar-refractivity contribution in [3.8, 4) is 0 Å². The van der Waals surface area contributed by atoms with Crippen LogP contribution in [0.3, 0.4) is 0 Å². The molecule has 2 amide bonds. The minimum atomic E-state index is -3.47. The molecule has 0 heterocycles. The molecule has 0 aliphatic heterocycles. The van der Waals surface area contributed by atoms with E-state index < -0.39 is 16.1 Å². The minimum Gasteiger partial charge on any atom is -0.350 e. The van der Waals surface area contributed by atoms with Crippen LogP contribution < -0.4 is 15.9 Å². The van der Waals surface area contributed by atoms with Crippen LogP contribution in [-0.4, -0.2) is 26.7 Å². The van der Waals surface area contributed by atoms with Crippen LogP contribution in [0.5, 0.6) is 0 Å². The number of benzene rings is 1. The monoisotopic (exact) mass is 298 g/mol. The van der Waals surface area contributed by atoms with Crippen molar-refractivity contribution in [1.82, 2.24) is 10.1 Å². The van der Waals surface area contributed by atoms with Crippen molar-refractivity contribution >= 4 is 21.8 Å². The first-order chi connectivity index (χ1) is 9.36. The first-order valence-electron chi connectivity index (χ1n) is 6.06. The highest BCUT2D eigenvalue weighted by atomic mass is 32.2. The van der Waals surface area contributed by atoms with Gasteiger partial charge in [0.2, 0.25) is 10.0 Å². The summed E-state index contributed by atoms with van der Waals surface area (Å²) in [7, 11) is -3.47. The molecule has 0 saturated heterocycles. The van der Waals surface area contributed by atoms with E-state index in [9.17, 15) is 13.2 Å². The zero-order chi connectivity index (χ0) is 15.2. The molecule has 0 saturated carbocycles. The van der Waals surface area contributed by atoms with Gasteiger partial charge < -0.3 is 5.73 Å². The standard InChI is InChI=1S/C12H18N4O3S/c1-3-8-14-20(18,19)11-6-4-10(5-7-11)9(2)15-16-12(13)17/h4-7,14H,3,8H2,1-2H3,(H3,13,16,17)/b15-9-. The van der Waals surface area contributed by atoms with Gasteiger partial charge in [0.25, 0.3) is 0 Å². The van der Waals surface area contributed by atoms with E-state index in [0.717, 1.165) is 6.42 Å². The number of nitrogens with zero attached hydrogens (tertiary/aromatic N) is 1. The van der Waals surface area contributed by atoms with Gasteiger partial charge in [-0.3, -0.25) is 0 Å². The fraction of sp³-hybridized carbons (Fsp3) is 0.333. The van der Waals surface area contributed by atoms with Gasteiger partial charge in [-0.05, 0) is 31.0 Å². The number of hydrogen-bond donors (Lipinski definition) is 3. The molecule has 4 N–H and O–H groups in total. The van der Waals surface area contributed by atoms with E-state index in [0.29, 0.717) is 17.8 Å². The van der Waals surface area contributed by atoms with Crippen molar-refractivity contribution in [3.05, 3.63) is 29.8 Å². The van der Waals surface area contributed by atoms with Gasteiger partial charge in [0.05, 0.1) is 10.6 Å². The fourth-order valence-corrected chi connectivity index (χ4v) is 2.53. The van der Waals surface area contributed by atoms with Gasteiger partial charge >= 0.3 is 6.03 Å². The van der Waals surface area contributed by atoms with Crippen molar-refractivity contribution < 1.29 is 13.2 Å². The summed E-state index contributed by atoms with van der Waals surface area (Å²) in [5, 5.41) is 3.76. The Kier molecular flexibility index (Phi) is 5.66. The highest BCUT2D eigenvalue weighted by Crippen LogP contribution is 2.11. The van der Waals surface area contributed by atoms with E-state index in [4.69, 9.17) is 5.73 Å². The SMILES string of the molecule is CCCNS(=O)(=O)c1ccc(/C(C)=N\NC(N)=O)cc1. The van der Waals surface area contributed by atoms with E-state index in [2.05, 4.69) is 15.2 Å². The van der Waals surface area contributed by atoms with Gasteiger partial charge in [-0.15, -0.1) is 0 Å². The molecule has 0 unspecified atom stereocenters. The second kappa shape index (κ2) is 7.01. The molecule has 7 nitrogen and oxygen atoms in total. The van der Waals surface area contributed by atoms with Gasteiger partial charge in [-0.1, -0.05) is 19.1 Å². The number of urea groups is 1. The summed E-state index contributed by atoms with van der Waals surface area (Å²) in [6.45, 7) is 3.96. The van der Waals surface area contributed by atoms with Crippen LogP contribution in [0, 0.1) is 0 Å². The van der Waals surface area contributed by atoms with Gasteiger partial charge in [0.15, 0.2) is 0 Å². The molecule has 1 aromatic carbocycles. The normalized spacial score (nSPS) is 12.2. The lowest BCUT2D eigenvalue weighted by Gasteiger charge is -2.06. The number of rotatable bonds is 6. The number of carbonyl (C=O) groups is 1. The lowest BCUT2D eigenvalue weighted by atomic mass is 10.1. The lowest BCUT2D eigenvalue weighted by molar-refractivity contribution is 0.249. The number of nitrogens with two attached hydrogens (primary N) is 1. The third-order valence-corrected chi connectivity index (χ3v) is 3.94. The van der Waals surface area contributed by atoms with E-state index in [1.165, 1.54) is 12.1 Å². The third-order valence-electron chi connectivity index (χ3n) is 2.46. The van der Waals surface area contributed by atoms with Crippen molar-refractivity contribution in [2.45, 2.75) is 25.2 Å². The molecule has 0 aliphatic rings. The van der Waals surface area contributed by atoms with Crippen LogP contribution in [-0.2, 0) is 10.0 Å². The van der Waals surface area contributed by atoms with E-state index in [-0.39, 0.29) is 4.90 Å². The number of nitrogens with one attached hydrogen (secondary N) is 2. The topological polar surface area (TPSA) is 114 Å². The Morgan fingerprint density at radius 2 is 1.90 bits per heavy atom. The molecule has 110 valence electrons. The molecule has 0 fully saturated rings. The highest BCUT2D eigenvalue weighted by molar-refractivity contribution is 7.89. The predicted octanol–water partition coefficient (Wildman–Crippen LogP) is 0.767. The lowest BCUT2D eigenvalue weighted by Crippen LogP contribution is -2.25. The molecule has 1 rings (SSSR count). The van der Waals surface area contributed by atoms with Gasteiger partial charge in [0.1, 0.15) is 0 Å². The average Bonchev–Trinajstić information content (AvgIpc) is 2.42. The number of amides is 2. The van der Waals surface area contributed by atoms with Gasteiger partial charge in [-0.25, -0.2) is 23.4 Å². The van der Waals surface area contributed by atoms with Crippen molar-refractivity contribution in [3.63, 3.8) is 0 Å². The summed E-state index contributed by atoms with van der Waals surface area (Å²) in [5.41, 5.74) is 8.23. The molecular weight excluding hydrogens is 280 g/mol. The van der Waals surface area contributed by atoms with Crippen molar-refractivity contribution in [1.29, 1.82) is 0 Å². The first-order valence-corrected chi connectivity index (χ1v) is 7.55. The summed E-state index contributed by atoms with van der Waals surface area (Å²) in [5.74, 6) is 0. The second-order valence-electron chi connectivity index (χ2n) is 4.10. The Bertz CT molecular complexity index is 594. The summed E-state index contributed by atoms with van der Waals surface area (Å²) in [4.78, 5) is 10.7. The Balaban J connectivity index is 2.89. The smallest absolute Gasteiger partial charge is 0.332 e. The van der Waals surface area contributed by atoms with Crippen molar-refractivity contribution in [2.75, 3.05) is 6.54 Å². The Labute approximate surface area is 118 Å². The molecule has 0 bridgehead atoms. The Hall–Kier alpha value is -1.93. The molecule has 1 aromatic rings. The summed E-state index contributed by atoms with van der Waals surface area (Å²) < 4.78 is 26.2. The van der Waals surface area contributed by atoms with Crippen molar-refractivity contribution in [2.24, 2.45) is 10.8 Å². The van der Waals surface area contributed by atoms with Gasteiger partial charge in [0, 0.05) is 6.54 Å². The maximum Gasteiger partial charge on any atom is 0.332 e. The van der Waals surface area contributed by atoms with E-state index in [1.54, 1.807) is 19.1 Å². The molecule has 0 radical (unpaired) electrons. The number of primary amides is 1. The quantitative estimate of drug-likeness (QED) is 0.532. The molecule has 20 heavy (non-hydrogen) atoms. The van der Waals surface area contributed by atoms with Crippen LogP contribution in [0.4, 0.5) is 4.79 Å². The van der Waals surface area contributed by atoms with E-state index >= 15 is 0 Å². The van der Waals surface area contributed by atoms with Gasteiger partial charge in [-0.2, -0.15) is 5.10 Å². The maximum atomic E-state index is 11.9. The van der Waals surface area contributed by atoms with Crippen LogP contribution in [0.2, 0.25) is 0 Å². The zero-order valence-corrected chi connectivity index (χ0v) is 12.2. The zero-order valence-electron chi connectivity index (χ0n) is 11.4. The number of hydrazone groups is 1. The fourth-order valence-electron chi connectivity index (χ4n) is 1.40. The van der Waals surface area contributed by atoms with Crippen LogP contribution >= 0.6 is 0 Å². The maximum absolute atomic E-state index is 11.9. The molecule has 0 aliphatic carbocycles. The summed E-state index contributed by atoms with van der Waals surface area (Å²) in [6, 6.07) is 5.43. The molecule has 0 spiro atoms. The molecule has 0 aromatic heterocycles. The largest absolute Gasteiger partial charge is 0.350 e.